The molecule has 0 spiro atoms. The summed E-state index contributed by atoms with van der Waals surface area (Å²) in [5.74, 6) is 0. The van der Waals surface area contributed by atoms with Crippen molar-refractivity contribution in [3.63, 3.8) is 0 Å². The number of ether oxygens (including phenoxy) is 2. The zero-order valence-corrected chi connectivity index (χ0v) is 22.0. The smallest absolute Gasteiger partial charge is 0.330 e. The summed E-state index contributed by atoms with van der Waals surface area (Å²) in [4.78, 5) is 26.2. The standard InChI is InChI=1S/C29H28N2O7S/c1-39(34,35)38-24-19-27(31-18-17-26(32)30-28(31)33)37-25(24)20-36-29(21-11-5-2-6-12-21,22-13-7-3-8-14-22)23-15-9-4-10-16-23/h2-18,24-25,27H,19-20H2,1H3,(H,30,32,33)/t24-,25-,27-/m1/s1. The molecule has 0 unspecified atom stereocenters. The SMILES string of the molecule is CS(=O)(=O)O[C@@H]1C[C@H](n2ccc(=O)[nH]c2=O)O[C@@H]1COC(c1ccccc1)(c1ccccc1)c1ccccc1. The third-order valence-corrected chi connectivity index (χ3v) is 7.24. The van der Waals surface area contributed by atoms with Crippen LogP contribution in [0.1, 0.15) is 29.3 Å². The topological polar surface area (TPSA) is 117 Å². The van der Waals surface area contributed by atoms with Crippen LogP contribution in [0, 0.1) is 0 Å². The van der Waals surface area contributed by atoms with Gasteiger partial charge in [-0.05, 0) is 16.7 Å². The number of nitrogens with zero attached hydrogens (tertiary/aromatic N) is 1. The van der Waals surface area contributed by atoms with Crippen molar-refractivity contribution in [2.75, 3.05) is 12.9 Å². The van der Waals surface area contributed by atoms with Crippen LogP contribution in [-0.2, 0) is 29.4 Å². The summed E-state index contributed by atoms with van der Waals surface area (Å²) in [6.45, 7) is -0.0620. The minimum absolute atomic E-state index is 0.0576. The lowest BCUT2D eigenvalue weighted by atomic mass is 9.80. The first-order valence-corrected chi connectivity index (χ1v) is 14.2. The Balaban J connectivity index is 1.55. The van der Waals surface area contributed by atoms with Crippen molar-refractivity contribution in [3.8, 4) is 0 Å². The van der Waals surface area contributed by atoms with E-state index in [-0.39, 0.29) is 13.0 Å². The molecule has 5 rings (SSSR count). The Morgan fingerprint density at radius 3 is 1.85 bits per heavy atom. The zero-order chi connectivity index (χ0) is 27.5. The van der Waals surface area contributed by atoms with Gasteiger partial charge in [0.05, 0.1) is 12.9 Å². The van der Waals surface area contributed by atoms with Gasteiger partial charge in [0.1, 0.15) is 24.0 Å². The number of hydrogen-bond donors (Lipinski definition) is 1. The molecule has 39 heavy (non-hydrogen) atoms. The third-order valence-electron chi connectivity index (χ3n) is 6.65. The van der Waals surface area contributed by atoms with Gasteiger partial charge in [-0.25, -0.2) is 4.79 Å². The van der Waals surface area contributed by atoms with Crippen LogP contribution in [0.15, 0.2) is 113 Å². The quantitative estimate of drug-likeness (QED) is 0.252. The lowest BCUT2D eigenvalue weighted by molar-refractivity contribution is -0.0910. The second kappa shape index (κ2) is 11.1. The van der Waals surface area contributed by atoms with Crippen LogP contribution in [0.5, 0.6) is 0 Å². The van der Waals surface area contributed by atoms with E-state index in [4.69, 9.17) is 13.7 Å². The zero-order valence-electron chi connectivity index (χ0n) is 21.2. The van der Waals surface area contributed by atoms with E-state index >= 15 is 0 Å². The Morgan fingerprint density at radius 1 is 0.872 bits per heavy atom. The average Bonchev–Trinajstić information content (AvgIpc) is 3.31. The number of nitrogens with one attached hydrogen (secondary N) is 1. The van der Waals surface area contributed by atoms with Crippen molar-refractivity contribution in [2.45, 2.75) is 30.5 Å². The van der Waals surface area contributed by atoms with E-state index in [9.17, 15) is 18.0 Å². The summed E-state index contributed by atoms with van der Waals surface area (Å²) in [6, 6.07) is 30.4. The summed E-state index contributed by atoms with van der Waals surface area (Å²) >= 11 is 0. The number of aromatic nitrogens is 2. The highest BCUT2D eigenvalue weighted by Crippen LogP contribution is 2.42. The van der Waals surface area contributed by atoms with E-state index in [1.807, 2.05) is 91.0 Å². The predicted molar refractivity (Wildman–Crippen MR) is 145 cm³/mol. The largest absolute Gasteiger partial charge is 0.358 e. The van der Waals surface area contributed by atoms with Gasteiger partial charge in [-0.3, -0.25) is 18.5 Å². The van der Waals surface area contributed by atoms with Crippen LogP contribution < -0.4 is 11.2 Å². The van der Waals surface area contributed by atoms with Gasteiger partial charge in [0.15, 0.2) is 0 Å². The third kappa shape index (κ3) is 5.79. The molecule has 0 radical (unpaired) electrons. The van der Waals surface area contributed by atoms with Gasteiger partial charge in [-0.2, -0.15) is 8.42 Å². The van der Waals surface area contributed by atoms with E-state index in [1.165, 1.54) is 16.8 Å². The molecule has 1 N–H and O–H groups in total. The molecule has 0 bridgehead atoms. The van der Waals surface area contributed by atoms with Crippen LogP contribution in [0.25, 0.3) is 0 Å². The molecular formula is C29H28N2O7S. The molecule has 0 aliphatic carbocycles. The summed E-state index contributed by atoms with van der Waals surface area (Å²) < 4.78 is 43.8. The monoisotopic (exact) mass is 548 g/mol. The molecule has 0 saturated carbocycles. The number of aromatic amines is 1. The molecule has 9 nitrogen and oxygen atoms in total. The first kappa shape index (κ1) is 26.8. The highest BCUT2D eigenvalue weighted by atomic mass is 32.2. The number of benzene rings is 3. The van der Waals surface area contributed by atoms with Crippen LogP contribution in [0.4, 0.5) is 0 Å². The normalized spacial score (nSPS) is 19.7. The van der Waals surface area contributed by atoms with Crippen LogP contribution >= 0.6 is 0 Å². The lowest BCUT2D eigenvalue weighted by Gasteiger charge is -2.37. The Bertz CT molecular complexity index is 1520. The highest BCUT2D eigenvalue weighted by molar-refractivity contribution is 7.86. The van der Waals surface area contributed by atoms with Gasteiger partial charge < -0.3 is 9.47 Å². The van der Waals surface area contributed by atoms with Crippen LogP contribution in [0.3, 0.4) is 0 Å². The second-order valence-corrected chi connectivity index (χ2v) is 10.9. The Morgan fingerprint density at radius 2 is 1.38 bits per heavy atom. The second-order valence-electron chi connectivity index (χ2n) is 9.31. The van der Waals surface area contributed by atoms with Crippen molar-refractivity contribution < 1.29 is 22.1 Å². The van der Waals surface area contributed by atoms with Gasteiger partial charge in [0.25, 0.3) is 15.7 Å². The van der Waals surface area contributed by atoms with Crippen molar-refractivity contribution in [1.29, 1.82) is 0 Å². The van der Waals surface area contributed by atoms with Gasteiger partial charge in [-0.1, -0.05) is 91.0 Å². The van der Waals surface area contributed by atoms with Gasteiger partial charge in [-0.15, -0.1) is 0 Å². The fourth-order valence-corrected chi connectivity index (χ4v) is 5.63. The van der Waals surface area contributed by atoms with Crippen molar-refractivity contribution in [2.24, 2.45) is 0 Å². The first-order chi connectivity index (χ1) is 18.8. The first-order valence-electron chi connectivity index (χ1n) is 12.4. The minimum atomic E-state index is -3.85. The summed E-state index contributed by atoms with van der Waals surface area (Å²) in [5.41, 5.74) is 0.337. The molecule has 1 aliphatic rings. The molecule has 2 heterocycles. The van der Waals surface area contributed by atoms with E-state index in [0.29, 0.717) is 0 Å². The molecule has 1 fully saturated rings. The van der Waals surface area contributed by atoms with Crippen LogP contribution in [0.2, 0.25) is 0 Å². The fraction of sp³-hybridized carbons (Fsp3) is 0.241. The molecule has 10 heteroatoms. The Hall–Kier alpha value is -3.83. The maximum absolute atomic E-state index is 12.4. The van der Waals surface area contributed by atoms with Gasteiger partial charge in [0.2, 0.25) is 0 Å². The number of H-pyrrole nitrogens is 1. The number of rotatable bonds is 9. The Labute approximate surface area is 225 Å². The molecular weight excluding hydrogens is 520 g/mol. The van der Waals surface area contributed by atoms with Crippen molar-refractivity contribution >= 4 is 10.1 Å². The molecule has 1 aliphatic heterocycles. The molecule has 3 atom stereocenters. The molecule has 0 amide bonds. The Kier molecular flexibility index (Phi) is 7.62. The van der Waals surface area contributed by atoms with Crippen LogP contribution in [-0.4, -0.2) is 43.0 Å². The van der Waals surface area contributed by atoms with Crippen molar-refractivity contribution in [3.05, 3.63) is 141 Å². The van der Waals surface area contributed by atoms with Crippen molar-refractivity contribution in [1.82, 2.24) is 9.55 Å². The van der Waals surface area contributed by atoms with E-state index < -0.39 is 45.4 Å². The molecule has 1 saturated heterocycles. The molecule has 3 aromatic carbocycles. The highest BCUT2D eigenvalue weighted by Gasteiger charge is 2.43. The lowest BCUT2D eigenvalue weighted by Crippen LogP contribution is -2.39. The molecule has 1 aromatic heterocycles. The number of hydrogen-bond acceptors (Lipinski definition) is 7. The van der Waals surface area contributed by atoms with Gasteiger partial charge in [0, 0.05) is 18.7 Å². The van der Waals surface area contributed by atoms with E-state index in [2.05, 4.69) is 4.98 Å². The summed E-state index contributed by atoms with van der Waals surface area (Å²) in [5, 5.41) is 0. The fourth-order valence-electron chi connectivity index (χ4n) is 4.98. The summed E-state index contributed by atoms with van der Waals surface area (Å²) in [6.07, 6.45) is -0.305. The molecule has 4 aromatic rings. The maximum Gasteiger partial charge on any atom is 0.330 e. The van der Waals surface area contributed by atoms with Gasteiger partial charge >= 0.3 is 5.69 Å². The predicted octanol–water partition coefficient (Wildman–Crippen LogP) is 3.18. The molecule has 202 valence electrons. The average molecular weight is 549 g/mol. The van der Waals surface area contributed by atoms with E-state index in [1.54, 1.807) is 0 Å². The summed E-state index contributed by atoms with van der Waals surface area (Å²) in [7, 11) is -3.85. The maximum atomic E-state index is 12.4. The van der Waals surface area contributed by atoms with E-state index in [0.717, 1.165) is 22.9 Å². The minimum Gasteiger partial charge on any atom is -0.358 e.